The van der Waals surface area contributed by atoms with Crippen LogP contribution in [0.5, 0.6) is 5.75 Å². The van der Waals surface area contributed by atoms with Crippen LogP contribution in [0.3, 0.4) is 0 Å². The van der Waals surface area contributed by atoms with Crippen molar-refractivity contribution >= 4 is 11.6 Å². The molecular formula is C22H30N2O2. The van der Waals surface area contributed by atoms with Crippen LogP contribution < -0.4 is 10.2 Å². The van der Waals surface area contributed by atoms with Crippen molar-refractivity contribution in [3.8, 4) is 5.75 Å². The topological polar surface area (TPSA) is 50.7 Å². The van der Waals surface area contributed by atoms with Gasteiger partial charge in [-0.05, 0) is 74.8 Å². The van der Waals surface area contributed by atoms with Crippen LogP contribution in [-0.4, -0.2) is 18.2 Å². The molecule has 1 N–H and O–H groups in total. The molecule has 0 bridgehead atoms. The van der Waals surface area contributed by atoms with Crippen molar-refractivity contribution in [3.63, 3.8) is 0 Å². The lowest BCUT2D eigenvalue weighted by atomic mass is 9.85. The minimum atomic E-state index is -0.212. The van der Waals surface area contributed by atoms with E-state index < -0.39 is 0 Å². The summed E-state index contributed by atoms with van der Waals surface area (Å²) >= 11 is 0. The number of hydrogen-bond acceptors (Lipinski definition) is 3. The Bertz CT molecular complexity index is 699. The number of rotatable bonds is 7. The molecule has 140 valence electrons. The Morgan fingerprint density at radius 1 is 1.35 bits per heavy atom. The molecule has 0 fully saturated rings. The van der Waals surface area contributed by atoms with Gasteiger partial charge >= 0.3 is 0 Å². The number of ether oxygens (including phenoxy) is 1. The van der Waals surface area contributed by atoms with Crippen LogP contribution in [-0.2, 0) is 0 Å². The van der Waals surface area contributed by atoms with E-state index in [0.717, 1.165) is 41.9 Å². The molecule has 4 nitrogen and oxygen atoms in total. The van der Waals surface area contributed by atoms with Gasteiger partial charge in [0.2, 0.25) is 0 Å². The summed E-state index contributed by atoms with van der Waals surface area (Å²) in [6, 6.07) is 7.18. The average Bonchev–Trinajstić information content (AvgIpc) is 2.60. The van der Waals surface area contributed by atoms with E-state index in [1.807, 2.05) is 26.0 Å². The number of allylic oxidation sites excluding steroid dienone is 3. The first-order chi connectivity index (χ1) is 12.4. The number of carbonyl (C=O) groups excluding carboxylic acids is 1. The zero-order valence-electron chi connectivity index (χ0n) is 16.3. The molecule has 0 radical (unpaired) electrons. The van der Waals surface area contributed by atoms with E-state index in [2.05, 4.69) is 37.0 Å². The van der Waals surface area contributed by atoms with Gasteiger partial charge in [0.15, 0.2) is 0 Å². The summed E-state index contributed by atoms with van der Waals surface area (Å²) in [5.74, 6) is 1.58. The van der Waals surface area contributed by atoms with Crippen LogP contribution in [0.25, 0.3) is 0 Å². The second kappa shape index (κ2) is 9.37. The number of hydrazone groups is 1. The van der Waals surface area contributed by atoms with Crippen molar-refractivity contribution < 1.29 is 9.53 Å². The predicted molar refractivity (Wildman–Crippen MR) is 108 cm³/mol. The summed E-state index contributed by atoms with van der Waals surface area (Å²) in [6.45, 7) is 13.1. The zero-order valence-corrected chi connectivity index (χ0v) is 16.3. The molecule has 0 saturated carbocycles. The quantitative estimate of drug-likeness (QED) is 0.545. The number of carbonyl (C=O) groups is 1. The summed E-state index contributed by atoms with van der Waals surface area (Å²) in [6.07, 6.45) is 4.99. The van der Waals surface area contributed by atoms with Gasteiger partial charge in [-0.2, -0.15) is 5.10 Å². The molecule has 0 spiro atoms. The molecule has 1 aliphatic rings. The van der Waals surface area contributed by atoms with Crippen LogP contribution in [0.2, 0.25) is 0 Å². The Balaban J connectivity index is 1.94. The molecule has 1 atom stereocenters. The van der Waals surface area contributed by atoms with Gasteiger partial charge in [-0.15, -0.1) is 0 Å². The van der Waals surface area contributed by atoms with Gasteiger partial charge in [0, 0.05) is 5.56 Å². The van der Waals surface area contributed by atoms with Gasteiger partial charge in [-0.25, -0.2) is 5.43 Å². The van der Waals surface area contributed by atoms with Crippen LogP contribution in [0.4, 0.5) is 0 Å². The van der Waals surface area contributed by atoms with E-state index in [-0.39, 0.29) is 5.91 Å². The van der Waals surface area contributed by atoms with Crippen LogP contribution in [0, 0.1) is 11.8 Å². The summed E-state index contributed by atoms with van der Waals surface area (Å²) in [7, 11) is 0. The minimum absolute atomic E-state index is 0.212. The Morgan fingerprint density at radius 2 is 2.04 bits per heavy atom. The average molecular weight is 354 g/mol. The summed E-state index contributed by atoms with van der Waals surface area (Å²) in [5.41, 5.74) is 6.44. The highest BCUT2D eigenvalue weighted by Gasteiger charge is 2.19. The smallest absolute Gasteiger partial charge is 0.271 e. The van der Waals surface area contributed by atoms with E-state index >= 15 is 0 Å². The fraction of sp³-hybridized carbons (Fsp3) is 0.455. The lowest BCUT2D eigenvalue weighted by molar-refractivity contribution is 0.0954. The van der Waals surface area contributed by atoms with Crippen molar-refractivity contribution in [2.75, 3.05) is 6.61 Å². The van der Waals surface area contributed by atoms with Gasteiger partial charge in [-0.3, -0.25) is 4.79 Å². The van der Waals surface area contributed by atoms with E-state index in [9.17, 15) is 4.79 Å². The molecule has 1 aromatic carbocycles. The second-order valence-electron chi connectivity index (χ2n) is 7.43. The SMILES string of the molecule is C=C(C)C1CC=C(C)C(=NNC(=O)c2ccc(OCCC(C)C)cc2)C1. The largest absolute Gasteiger partial charge is 0.494 e. The first kappa shape index (κ1) is 20.0. The van der Waals surface area contributed by atoms with Gasteiger partial charge in [-0.1, -0.05) is 32.1 Å². The third kappa shape index (κ3) is 5.87. The Morgan fingerprint density at radius 3 is 2.65 bits per heavy atom. The molecule has 0 heterocycles. The van der Waals surface area contributed by atoms with Crippen molar-refractivity contribution in [3.05, 3.63) is 53.6 Å². The summed E-state index contributed by atoms with van der Waals surface area (Å²) < 4.78 is 5.68. The third-order valence-electron chi connectivity index (χ3n) is 4.67. The van der Waals surface area contributed by atoms with Crippen LogP contribution in [0.15, 0.2) is 53.2 Å². The maximum atomic E-state index is 12.3. The van der Waals surface area contributed by atoms with Gasteiger partial charge in [0.25, 0.3) is 5.91 Å². The van der Waals surface area contributed by atoms with Crippen LogP contribution >= 0.6 is 0 Å². The third-order valence-corrected chi connectivity index (χ3v) is 4.67. The lowest BCUT2D eigenvalue weighted by Crippen LogP contribution is -2.23. The monoisotopic (exact) mass is 354 g/mol. The maximum Gasteiger partial charge on any atom is 0.271 e. The van der Waals surface area contributed by atoms with E-state index in [1.54, 1.807) is 12.1 Å². The van der Waals surface area contributed by atoms with Crippen LogP contribution in [0.1, 0.15) is 57.3 Å². The first-order valence-electron chi connectivity index (χ1n) is 9.29. The highest BCUT2D eigenvalue weighted by molar-refractivity contribution is 6.02. The normalized spacial score (nSPS) is 18.6. The molecule has 2 rings (SSSR count). The Hall–Kier alpha value is -2.36. The summed E-state index contributed by atoms with van der Waals surface area (Å²) in [5, 5.41) is 4.34. The molecule has 0 aliphatic heterocycles. The van der Waals surface area contributed by atoms with Gasteiger partial charge in [0.1, 0.15) is 5.75 Å². The number of nitrogens with one attached hydrogen (secondary N) is 1. The number of benzene rings is 1. The highest BCUT2D eigenvalue weighted by atomic mass is 16.5. The number of hydrogen-bond donors (Lipinski definition) is 1. The number of amides is 1. The lowest BCUT2D eigenvalue weighted by Gasteiger charge is -2.22. The molecule has 1 aromatic rings. The molecule has 1 unspecified atom stereocenters. The van der Waals surface area contributed by atoms with Crippen molar-refractivity contribution in [1.29, 1.82) is 0 Å². The predicted octanol–water partition coefficient (Wildman–Crippen LogP) is 5.13. The standard InChI is InChI=1S/C22H30N2O2/c1-15(2)12-13-26-20-10-8-18(9-11-20)22(25)24-23-21-14-19(16(3)4)7-6-17(21)5/h6,8-11,15,19H,3,7,12-14H2,1-2,4-5H3,(H,24,25). The molecule has 4 heteroatoms. The molecule has 0 saturated heterocycles. The van der Waals surface area contributed by atoms with E-state index in [1.165, 1.54) is 0 Å². The Kier molecular flexibility index (Phi) is 7.19. The maximum absolute atomic E-state index is 12.3. The fourth-order valence-corrected chi connectivity index (χ4v) is 2.72. The van der Waals surface area contributed by atoms with E-state index in [4.69, 9.17) is 4.74 Å². The van der Waals surface area contributed by atoms with E-state index in [0.29, 0.717) is 24.0 Å². The van der Waals surface area contributed by atoms with Gasteiger partial charge < -0.3 is 4.74 Å². The second-order valence-corrected chi connectivity index (χ2v) is 7.43. The Labute approximate surface area is 157 Å². The summed E-state index contributed by atoms with van der Waals surface area (Å²) in [4.78, 5) is 12.3. The fourth-order valence-electron chi connectivity index (χ4n) is 2.72. The van der Waals surface area contributed by atoms with Crippen molar-refractivity contribution in [2.45, 2.75) is 47.0 Å². The zero-order chi connectivity index (χ0) is 19.1. The molecule has 26 heavy (non-hydrogen) atoms. The van der Waals surface area contributed by atoms with Crippen molar-refractivity contribution in [1.82, 2.24) is 5.43 Å². The molecule has 1 amide bonds. The first-order valence-corrected chi connectivity index (χ1v) is 9.29. The van der Waals surface area contributed by atoms with Gasteiger partial charge in [0.05, 0.1) is 12.3 Å². The van der Waals surface area contributed by atoms with Crippen molar-refractivity contribution in [2.24, 2.45) is 16.9 Å². The number of nitrogens with zero attached hydrogens (tertiary/aromatic N) is 1. The minimum Gasteiger partial charge on any atom is -0.494 e. The molecular weight excluding hydrogens is 324 g/mol. The molecule has 0 aromatic heterocycles. The molecule has 1 aliphatic carbocycles. The highest BCUT2D eigenvalue weighted by Crippen LogP contribution is 2.26.